The lowest BCUT2D eigenvalue weighted by Gasteiger charge is -2.28. The summed E-state index contributed by atoms with van der Waals surface area (Å²) in [4.78, 5) is 36.9. The van der Waals surface area contributed by atoms with E-state index in [9.17, 15) is 9.59 Å². The Morgan fingerprint density at radius 1 is 1.44 bits per heavy atom. The molecule has 1 aromatic heterocycles. The van der Waals surface area contributed by atoms with Crippen molar-refractivity contribution in [2.45, 2.75) is 45.2 Å². The maximum atomic E-state index is 12.3. The van der Waals surface area contributed by atoms with Crippen molar-refractivity contribution < 1.29 is 19.1 Å². The summed E-state index contributed by atoms with van der Waals surface area (Å²) in [7, 11) is 1.51. The van der Waals surface area contributed by atoms with Crippen LogP contribution in [0.5, 0.6) is 0 Å². The first-order chi connectivity index (χ1) is 11.8. The molecular weight excluding hydrogens is 324 g/mol. The van der Waals surface area contributed by atoms with Crippen molar-refractivity contribution in [2.75, 3.05) is 31.8 Å². The Hall–Kier alpha value is -2.22. The third kappa shape index (κ3) is 3.30. The third-order valence-corrected chi connectivity index (χ3v) is 4.56. The highest BCUT2D eigenvalue weighted by atomic mass is 16.6. The predicted molar refractivity (Wildman–Crippen MR) is 90.2 cm³/mol. The summed E-state index contributed by atoms with van der Waals surface area (Å²) in [5.41, 5.74) is 0.276. The fraction of sp³-hybridized carbons (Fsp3) is 0.647. The molecule has 8 heteroatoms. The fourth-order valence-corrected chi connectivity index (χ4v) is 3.40. The number of nitrogens with zero attached hydrogens (tertiary/aromatic N) is 4. The quantitative estimate of drug-likeness (QED) is 0.825. The van der Waals surface area contributed by atoms with Crippen LogP contribution in [0.2, 0.25) is 0 Å². The highest BCUT2D eigenvalue weighted by Crippen LogP contribution is 2.34. The van der Waals surface area contributed by atoms with Gasteiger partial charge in [0.1, 0.15) is 19.0 Å². The minimum atomic E-state index is -0.476. The van der Waals surface area contributed by atoms with Crippen molar-refractivity contribution in [2.24, 2.45) is 0 Å². The molecule has 0 unspecified atom stereocenters. The molecule has 0 aromatic carbocycles. The Balaban J connectivity index is 1.94. The van der Waals surface area contributed by atoms with Crippen molar-refractivity contribution in [3.63, 3.8) is 0 Å². The lowest BCUT2D eigenvalue weighted by Crippen LogP contribution is -2.43. The molecule has 1 aromatic rings. The van der Waals surface area contributed by atoms with Gasteiger partial charge in [-0.05, 0) is 33.6 Å². The number of rotatable bonds is 4. The molecule has 25 heavy (non-hydrogen) atoms. The van der Waals surface area contributed by atoms with Crippen molar-refractivity contribution >= 4 is 17.8 Å². The average Bonchev–Trinajstić information content (AvgIpc) is 3.11. The number of hydrogen-bond acceptors (Lipinski definition) is 6. The molecule has 2 aliphatic rings. The van der Waals surface area contributed by atoms with E-state index in [0.29, 0.717) is 24.8 Å². The largest absolute Gasteiger partial charge is 0.447 e. The topological polar surface area (TPSA) is 84.9 Å². The minimum Gasteiger partial charge on any atom is -0.447 e. The number of cyclic esters (lactones) is 1. The smallest absolute Gasteiger partial charge is 0.416 e. The number of hydrogen-bond donors (Lipinski definition) is 0. The monoisotopic (exact) mass is 348 g/mol. The lowest BCUT2D eigenvalue weighted by atomic mass is 10.1. The first-order valence-electron chi connectivity index (χ1n) is 8.44. The van der Waals surface area contributed by atoms with Crippen molar-refractivity contribution in [3.8, 4) is 0 Å². The van der Waals surface area contributed by atoms with Gasteiger partial charge in [-0.15, -0.1) is 0 Å². The zero-order chi connectivity index (χ0) is 18.2. The van der Waals surface area contributed by atoms with Crippen LogP contribution in [0.1, 0.15) is 44.2 Å². The van der Waals surface area contributed by atoms with Crippen LogP contribution in [0.3, 0.4) is 0 Å². The first-order valence-corrected chi connectivity index (χ1v) is 8.44. The molecule has 1 atom stereocenters. The summed E-state index contributed by atoms with van der Waals surface area (Å²) < 4.78 is 10.1. The van der Waals surface area contributed by atoms with E-state index in [1.807, 2.05) is 20.8 Å². The van der Waals surface area contributed by atoms with Gasteiger partial charge in [-0.2, -0.15) is 0 Å². The van der Waals surface area contributed by atoms with Crippen molar-refractivity contribution in [3.05, 3.63) is 17.6 Å². The molecule has 2 amide bonds. The molecule has 3 heterocycles. The number of aromatic nitrogens is 2. The van der Waals surface area contributed by atoms with Gasteiger partial charge >= 0.3 is 6.09 Å². The number of carbonyl (C=O) groups excluding carboxylic acids is 2. The van der Waals surface area contributed by atoms with Crippen LogP contribution in [0.15, 0.2) is 6.07 Å². The van der Waals surface area contributed by atoms with E-state index in [2.05, 4.69) is 9.97 Å². The highest BCUT2D eigenvalue weighted by Gasteiger charge is 2.42. The van der Waals surface area contributed by atoms with E-state index in [0.717, 1.165) is 18.5 Å². The fourth-order valence-electron chi connectivity index (χ4n) is 3.40. The van der Waals surface area contributed by atoms with Gasteiger partial charge < -0.3 is 14.4 Å². The number of methoxy groups -OCH3 is 1. The van der Waals surface area contributed by atoms with Gasteiger partial charge in [0, 0.05) is 25.4 Å². The van der Waals surface area contributed by atoms with Crippen LogP contribution in [0.25, 0.3) is 0 Å². The average molecular weight is 348 g/mol. The summed E-state index contributed by atoms with van der Waals surface area (Å²) in [6.45, 7) is 6.74. The van der Waals surface area contributed by atoms with E-state index in [-0.39, 0.29) is 18.6 Å². The van der Waals surface area contributed by atoms with E-state index in [4.69, 9.17) is 9.47 Å². The highest BCUT2D eigenvalue weighted by molar-refractivity contribution is 5.90. The maximum absolute atomic E-state index is 12.3. The molecule has 0 aliphatic carbocycles. The van der Waals surface area contributed by atoms with E-state index < -0.39 is 11.6 Å². The van der Waals surface area contributed by atoms with Gasteiger partial charge in [0.25, 0.3) is 0 Å². The molecule has 0 spiro atoms. The number of likely N-dealkylation sites (tertiary alicyclic amines) is 1. The van der Waals surface area contributed by atoms with Crippen LogP contribution < -0.4 is 4.90 Å². The van der Waals surface area contributed by atoms with Gasteiger partial charge in [-0.25, -0.2) is 14.8 Å². The molecule has 0 saturated carbocycles. The number of aryl methyl sites for hydroxylation is 1. The molecule has 2 aliphatic heterocycles. The number of ether oxygens (including phenoxy) is 2. The van der Waals surface area contributed by atoms with Gasteiger partial charge in [0.15, 0.2) is 5.82 Å². The minimum absolute atomic E-state index is 0.0423. The van der Waals surface area contributed by atoms with Crippen LogP contribution in [-0.4, -0.2) is 59.3 Å². The molecule has 0 radical (unpaired) electrons. The molecule has 2 fully saturated rings. The number of amides is 2. The SMILES string of the molecule is COCC(=O)N1CCC[C@@H]1c1nc(C)cc(N2C(=O)OCC2(C)C)n1. The molecule has 8 nitrogen and oxygen atoms in total. The van der Waals surface area contributed by atoms with Gasteiger partial charge in [0.2, 0.25) is 5.91 Å². The number of carbonyl (C=O) groups is 2. The molecule has 136 valence electrons. The molecular formula is C17H24N4O4. The Kier molecular flexibility index (Phi) is 4.64. The third-order valence-electron chi connectivity index (χ3n) is 4.56. The Bertz CT molecular complexity index is 691. The summed E-state index contributed by atoms with van der Waals surface area (Å²) in [5.74, 6) is 1.01. The Labute approximate surface area is 147 Å². The van der Waals surface area contributed by atoms with Gasteiger partial charge in [-0.3, -0.25) is 9.69 Å². The summed E-state index contributed by atoms with van der Waals surface area (Å²) in [5, 5.41) is 0. The van der Waals surface area contributed by atoms with E-state index in [1.165, 1.54) is 7.11 Å². The van der Waals surface area contributed by atoms with Crippen LogP contribution in [0.4, 0.5) is 10.6 Å². The van der Waals surface area contributed by atoms with E-state index in [1.54, 1.807) is 15.9 Å². The summed E-state index contributed by atoms with van der Waals surface area (Å²) >= 11 is 0. The van der Waals surface area contributed by atoms with E-state index >= 15 is 0 Å². The molecule has 3 rings (SSSR count). The Morgan fingerprint density at radius 3 is 2.84 bits per heavy atom. The zero-order valence-electron chi connectivity index (χ0n) is 15.1. The molecule has 0 bridgehead atoms. The Morgan fingerprint density at radius 2 is 2.20 bits per heavy atom. The number of anilines is 1. The van der Waals surface area contributed by atoms with Crippen molar-refractivity contribution in [1.29, 1.82) is 0 Å². The zero-order valence-corrected chi connectivity index (χ0v) is 15.1. The maximum Gasteiger partial charge on any atom is 0.416 e. The van der Waals surface area contributed by atoms with Crippen LogP contribution in [-0.2, 0) is 14.3 Å². The summed E-state index contributed by atoms with van der Waals surface area (Å²) in [6, 6.07) is 1.58. The second-order valence-corrected chi connectivity index (χ2v) is 7.11. The van der Waals surface area contributed by atoms with Crippen molar-refractivity contribution in [1.82, 2.24) is 14.9 Å². The second kappa shape index (κ2) is 6.59. The normalized spacial score (nSPS) is 22.4. The van der Waals surface area contributed by atoms with Crippen LogP contribution >= 0.6 is 0 Å². The second-order valence-electron chi connectivity index (χ2n) is 7.11. The summed E-state index contributed by atoms with van der Waals surface area (Å²) in [6.07, 6.45) is 1.28. The van der Waals surface area contributed by atoms with Gasteiger partial charge in [0.05, 0.1) is 11.6 Å². The first kappa shape index (κ1) is 17.6. The molecule has 0 N–H and O–H groups in total. The lowest BCUT2D eigenvalue weighted by molar-refractivity contribution is -0.136. The predicted octanol–water partition coefficient (Wildman–Crippen LogP) is 1.83. The standard InChI is InChI=1S/C17H24N4O4/c1-11-8-13(21-16(23)25-10-17(21,2)3)19-15(18-11)12-6-5-7-20(12)14(22)9-24-4/h8,12H,5-7,9-10H2,1-4H3/t12-/m1/s1. The van der Waals surface area contributed by atoms with Crippen LogP contribution in [0, 0.1) is 6.92 Å². The van der Waals surface area contributed by atoms with Gasteiger partial charge in [-0.1, -0.05) is 0 Å². The molecule has 2 saturated heterocycles.